The molecular weight excluding hydrogens is 433 g/mol. The third kappa shape index (κ3) is 2.30. The summed E-state index contributed by atoms with van der Waals surface area (Å²) in [4.78, 5) is 28.5. The summed E-state index contributed by atoms with van der Waals surface area (Å²) in [5, 5.41) is 13.0. The molecule has 2 bridgehead atoms. The van der Waals surface area contributed by atoms with Crippen molar-refractivity contribution in [2.24, 2.45) is 11.8 Å². The number of nitrogens with zero attached hydrogens (tertiary/aromatic N) is 1. The van der Waals surface area contributed by atoms with Gasteiger partial charge in [0, 0.05) is 27.1 Å². The molecule has 7 rings (SSSR count). The van der Waals surface area contributed by atoms with Gasteiger partial charge >= 0.3 is 0 Å². The Bertz CT molecular complexity index is 1220. The van der Waals surface area contributed by atoms with Crippen LogP contribution in [-0.2, 0) is 21.7 Å². The van der Waals surface area contributed by atoms with Crippen molar-refractivity contribution in [3.05, 3.63) is 105 Å². The van der Waals surface area contributed by atoms with Gasteiger partial charge in [0.1, 0.15) is 5.60 Å². The molecule has 2 atom stereocenters. The van der Waals surface area contributed by atoms with Crippen LogP contribution in [0.1, 0.15) is 33.7 Å². The van der Waals surface area contributed by atoms with Crippen molar-refractivity contribution in [1.82, 2.24) is 4.90 Å². The van der Waals surface area contributed by atoms with Gasteiger partial charge in [-0.2, -0.15) is 0 Å². The standard InChI is InChI=1S/C25H17Cl2NO3/c26-16-10-4-8-14-18-15-9-5-11-17(27)21(15)25(31,20(14)16)22-19(18)23(29)28(24(22)30)12-13-6-2-1-3-7-13/h1-11,18-19,22,31H,12H2. The van der Waals surface area contributed by atoms with Crippen LogP contribution >= 0.6 is 23.2 Å². The molecule has 1 N–H and O–H groups in total. The van der Waals surface area contributed by atoms with E-state index in [1.807, 2.05) is 54.6 Å². The summed E-state index contributed by atoms with van der Waals surface area (Å²) in [7, 11) is 0. The maximum absolute atomic E-state index is 13.7. The molecule has 3 aliphatic carbocycles. The molecule has 0 aromatic heterocycles. The number of hydrogen-bond donors (Lipinski definition) is 1. The summed E-state index contributed by atoms with van der Waals surface area (Å²) in [6.45, 7) is 0.169. The summed E-state index contributed by atoms with van der Waals surface area (Å²) < 4.78 is 0. The van der Waals surface area contributed by atoms with E-state index in [9.17, 15) is 14.7 Å². The minimum absolute atomic E-state index is 0.169. The Morgan fingerprint density at radius 2 is 1.39 bits per heavy atom. The number of halogens is 2. The molecule has 2 amide bonds. The van der Waals surface area contributed by atoms with E-state index in [4.69, 9.17) is 23.2 Å². The summed E-state index contributed by atoms with van der Waals surface area (Å²) in [6, 6.07) is 20.2. The van der Waals surface area contributed by atoms with Gasteiger partial charge in [-0.1, -0.05) is 77.8 Å². The average Bonchev–Trinajstić information content (AvgIpc) is 3.01. The first-order valence-corrected chi connectivity index (χ1v) is 10.9. The highest BCUT2D eigenvalue weighted by molar-refractivity contribution is 6.33. The van der Waals surface area contributed by atoms with E-state index in [-0.39, 0.29) is 18.4 Å². The largest absolute Gasteiger partial charge is 0.379 e. The van der Waals surface area contributed by atoms with Crippen LogP contribution in [0.15, 0.2) is 66.7 Å². The maximum atomic E-state index is 13.7. The smallest absolute Gasteiger partial charge is 0.237 e. The lowest BCUT2D eigenvalue weighted by atomic mass is 9.52. The van der Waals surface area contributed by atoms with Crippen LogP contribution in [0.4, 0.5) is 0 Å². The number of carbonyl (C=O) groups is 2. The highest BCUT2D eigenvalue weighted by Crippen LogP contribution is 2.65. The second-order valence-electron chi connectivity index (χ2n) is 8.40. The molecule has 6 heteroatoms. The molecule has 4 aliphatic rings. The normalized spacial score (nSPS) is 27.8. The Morgan fingerprint density at radius 1 is 0.806 bits per heavy atom. The summed E-state index contributed by atoms with van der Waals surface area (Å²) >= 11 is 13.1. The number of carbonyl (C=O) groups excluding carboxylic acids is 2. The third-order valence-electron chi connectivity index (χ3n) is 6.96. The number of rotatable bonds is 2. The van der Waals surface area contributed by atoms with Crippen LogP contribution < -0.4 is 0 Å². The number of amides is 2. The Morgan fingerprint density at radius 3 is 1.97 bits per heavy atom. The van der Waals surface area contributed by atoms with Crippen molar-refractivity contribution in [1.29, 1.82) is 0 Å². The van der Waals surface area contributed by atoms with Crippen molar-refractivity contribution < 1.29 is 14.7 Å². The van der Waals surface area contributed by atoms with Gasteiger partial charge in [0.15, 0.2) is 0 Å². The summed E-state index contributed by atoms with van der Waals surface area (Å²) in [5.74, 6) is -2.70. The number of imide groups is 1. The quantitative estimate of drug-likeness (QED) is 0.586. The van der Waals surface area contributed by atoms with Crippen molar-refractivity contribution in [3.8, 4) is 0 Å². The lowest BCUT2D eigenvalue weighted by Crippen LogP contribution is -2.54. The number of benzene rings is 3. The molecule has 1 saturated heterocycles. The van der Waals surface area contributed by atoms with E-state index in [0.717, 1.165) is 16.7 Å². The molecule has 4 nitrogen and oxygen atoms in total. The van der Waals surface area contributed by atoms with Gasteiger partial charge in [-0.25, -0.2) is 0 Å². The second kappa shape index (κ2) is 6.42. The fraction of sp³-hybridized carbons (Fsp3) is 0.200. The van der Waals surface area contributed by atoms with Crippen LogP contribution in [-0.4, -0.2) is 21.8 Å². The lowest BCUT2D eigenvalue weighted by Gasteiger charge is -2.51. The minimum atomic E-state index is -1.76. The van der Waals surface area contributed by atoms with E-state index in [0.29, 0.717) is 21.2 Å². The van der Waals surface area contributed by atoms with Crippen LogP contribution in [0.3, 0.4) is 0 Å². The zero-order valence-corrected chi connectivity index (χ0v) is 17.8. The zero-order valence-electron chi connectivity index (χ0n) is 16.3. The SMILES string of the molecule is O=C1C2C3c4cccc(Cl)c4C(O)(c4c(Cl)cccc43)C2C(=O)N1Cc1ccccc1. The van der Waals surface area contributed by atoms with Crippen LogP contribution in [0.5, 0.6) is 0 Å². The zero-order chi connectivity index (χ0) is 21.5. The number of hydrogen-bond acceptors (Lipinski definition) is 3. The first kappa shape index (κ1) is 19.1. The number of aliphatic hydroxyl groups is 1. The van der Waals surface area contributed by atoms with Gasteiger partial charge in [0.2, 0.25) is 11.8 Å². The first-order chi connectivity index (χ1) is 14.9. The molecule has 0 radical (unpaired) electrons. The summed E-state index contributed by atoms with van der Waals surface area (Å²) in [5.41, 5.74) is 1.65. The van der Waals surface area contributed by atoms with Gasteiger partial charge in [-0.3, -0.25) is 14.5 Å². The highest BCUT2D eigenvalue weighted by atomic mass is 35.5. The molecule has 0 saturated carbocycles. The van der Waals surface area contributed by atoms with E-state index >= 15 is 0 Å². The molecule has 1 fully saturated rings. The van der Waals surface area contributed by atoms with Crippen molar-refractivity contribution >= 4 is 35.0 Å². The van der Waals surface area contributed by atoms with E-state index in [2.05, 4.69) is 0 Å². The maximum Gasteiger partial charge on any atom is 0.237 e. The van der Waals surface area contributed by atoms with E-state index in [1.165, 1.54) is 4.90 Å². The Kier molecular flexibility index (Phi) is 3.95. The Balaban J connectivity index is 1.59. The van der Waals surface area contributed by atoms with Gasteiger partial charge in [-0.05, 0) is 28.8 Å². The highest BCUT2D eigenvalue weighted by Gasteiger charge is 2.68. The van der Waals surface area contributed by atoms with E-state index < -0.39 is 23.4 Å². The molecule has 2 unspecified atom stereocenters. The fourth-order valence-electron chi connectivity index (χ4n) is 5.84. The average molecular weight is 450 g/mol. The minimum Gasteiger partial charge on any atom is -0.379 e. The lowest BCUT2D eigenvalue weighted by molar-refractivity contribution is -0.142. The molecule has 1 aliphatic heterocycles. The molecule has 31 heavy (non-hydrogen) atoms. The Labute approximate surface area is 189 Å². The van der Waals surface area contributed by atoms with Gasteiger partial charge in [0.05, 0.1) is 18.4 Å². The molecule has 154 valence electrons. The van der Waals surface area contributed by atoms with Gasteiger partial charge in [0.25, 0.3) is 0 Å². The molecule has 3 aromatic rings. The van der Waals surface area contributed by atoms with Gasteiger partial charge < -0.3 is 5.11 Å². The monoisotopic (exact) mass is 449 g/mol. The first-order valence-electron chi connectivity index (χ1n) is 10.1. The van der Waals surface area contributed by atoms with E-state index in [1.54, 1.807) is 12.1 Å². The molecular formula is C25H17Cl2NO3. The predicted molar refractivity (Wildman–Crippen MR) is 117 cm³/mol. The summed E-state index contributed by atoms with van der Waals surface area (Å²) in [6.07, 6.45) is 0. The van der Waals surface area contributed by atoms with Crippen LogP contribution in [0.25, 0.3) is 0 Å². The molecule has 1 heterocycles. The van der Waals surface area contributed by atoms with Crippen LogP contribution in [0.2, 0.25) is 10.0 Å². The topological polar surface area (TPSA) is 57.6 Å². The predicted octanol–water partition coefficient (Wildman–Crippen LogP) is 4.49. The number of likely N-dealkylation sites (tertiary alicyclic amines) is 1. The molecule has 3 aromatic carbocycles. The van der Waals surface area contributed by atoms with Crippen LogP contribution in [0, 0.1) is 11.8 Å². The molecule has 0 spiro atoms. The third-order valence-corrected chi connectivity index (χ3v) is 7.59. The fourth-order valence-corrected chi connectivity index (χ4v) is 6.49. The Hall–Kier alpha value is -2.66. The van der Waals surface area contributed by atoms with Crippen molar-refractivity contribution in [2.45, 2.75) is 18.1 Å². The van der Waals surface area contributed by atoms with Crippen molar-refractivity contribution in [3.63, 3.8) is 0 Å². The van der Waals surface area contributed by atoms with Gasteiger partial charge in [-0.15, -0.1) is 0 Å². The second-order valence-corrected chi connectivity index (χ2v) is 9.22. The van der Waals surface area contributed by atoms with Crippen molar-refractivity contribution in [2.75, 3.05) is 0 Å².